The summed E-state index contributed by atoms with van der Waals surface area (Å²) in [6.45, 7) is 1.70. The Morgan fingerprint density at radius 3 is 2.58 bits per heavy atom. The van der Waals surface area contributed by atoms with E-state index in [-0.39, 0.29) is 4.90 Å². The van der Waals surface area contributed by atoms with E-state index in [0.29, 0.717) is 18.4 Å². The monoisotopic (exact) mass is 345 g/mol. The fourth-order valence-corrected chi connectivity index (χ4v) is 4.41. The lowest BCUT2D eigenvalue weighted by molar-refractivity contribution is -0.122. The third-order valence-electron chi connectivity index (χ3n) is 4.36. The Morgan fingerprint density at radius 1 is 1.12 bits per heavy atom. The van der Waals surface area contributed by atoms with Crippen LogP contribution in [-0.4, -0.2) is 21.4 Å². The van der Waals surface area contributed by atoms with E-state index in [2.05, 4.69) is 4.72 Å². The number of benzene rings is 2. The maximum atomic E-state index is 12.5. The number of sulfonamides is 1. The van der Waals surface area contributed by atoms with Gasteiger partial charge in [-0.25, -0.2) is 13.1 Å². The van der Waals surface area contributed by atoms with Gasteiger partial charge in [0.05, 0.1) is 12.0 Å². The Morgan fingerprint density at radius 2 is 1.88 bits per heavy atom. The number of hydrogen-bond donors (Lipinski definition) is 1. The molecular formula is C18H19NO4S. The highest BCUT2D eigenvalue weighted by molar-refractivity contribution is 7.90. The molecule has 0 aliphatic heterocycles. The number of amides is 1. The molecule has 0 radical (unpaired) electrons. The van der Waals surface area contributed by atoms with E-state index in [9.17, 15) is 13.2 Å². The third kappa shape index (κ3) is 3.01. The standard InChI is InChI=1S/C18H19NO4S/c1-12-6-3-4-9-17(12)24(21,22)19-18(20)14-10-13-7-5-8-16(23-2)15(13)11-14/h3-9,14H,10-11H2,1-2H3,(H,19,20). The van der Waals surface area contributed by atoms with Crippen LogP contribution in [0.3, 0.4) is 0 Å². The minimum Gasteiger partial charge on any atom is -0.496 e. The number of hydrogen-bond acceptors (Lipinski definition) is 4. The van der Waals surface area contributed by atoms with Gasteiger partial charge in [0, 0.05) is 5.92 Å². The average Bonchev–Trinajstić information content (AvgIpc) is 2.99. The van der Waals surface area contributed by atoms with E-state index in [1.54, 1.807) is 32.2 Å². The molecule has 1 aliphatic carbocycles. The van der Waals surface area contributed by atoms with Crippen LogP contribution < -0.4 is 9.46 Å². The molecule has 0 saturated carbocycles. The first-order chi connectivity index (χ1) is 11.4. The van der Waals surface area contributed by atoms with Crippen molar-refractivity contribution >= 4 is 15.9 Å². The smallest absolute Gasteiger partial charge is 0.264 e. The van der Waals surface area contributed by atoms with Crippen LogP contribution in [0.4, 0.5) is 0 Å². The van der Waals surface area contributed by atoms with Crippen molar-refractivity contribution in [2.75, 3.05) is 7.11 Å². The SMILES string of the molecule is COc1cccc2c1CC(C(=O)NS(=O)(=O)c1ccccc1C)C2. The maximum Gasteiger partial charge on any atom is 0.264 e. The molecule has 1 atom stereocenters. The van der Waals surface area contributed by atoms with Crippen molar-refractivity contribution in [3.8, 4) is 5.75 Å². The lowest BCUT2D eigenvalue weighted by Gasteiger charge is -2.12. The van der Waals surface area contributed by atoms with E-state index < -0.39 is 21.8 Å². The zero-order chi connectivity index (χ0) is 17.3. The highest BCUT2D eigenvalue weighted by atomic mass is 32.2. The molecule has 0 heterocycles. The molecule has 0 spiro atoms. The Kier molecular flexibility index (Phi) is 4.32. The van der Waals surface area contributed by atoms with Crippen LogP contribution in [-0.2, 0) is 27.7 Å². The van der Waals surface area contributed by atoms with Gasteiger partial charge >= 0.3 is 0 Å². The molecule has 0 fully saturated rings. The first-order valence-electron chi connectivity index (χ1n) is 7.69. The van der Waals surface area contributed by atoms with Gasteiger partial charge in [0.1, 0.15) is 5.75 Å². The predicted molar refractivity (Wildman–Crippen MR) is 90.4 cm³/mol. The molecule has 5 nitrogen and oxygen atoms in total. The molecule has 1 aliphatic rings. The predicted octanol–water partition coefficient (Wildman–Crippen LogP) is 2.22. The van der Waals surface area contributed by atoms with Crippen LogP contribution >= 0.6 is 0 Å². The second-order valence-electron chi connectivity index (χ2n) is 5.94. The fraction of sp³-hybridized carbons (Fsp3) is 0.278. The summed E-state index contributed by atoms with van der Waals surface area (Å²) in [6, 6.07) is 12.3. The summed E-state index contributed by atoms with van der Waals surface area (Å²) in [5.74, 6) is -0.142. The van der Waals surface area contributed by atoms with Gasteiger partial charge in [0.2, 0.25) is 5.91 Å². The van der Waals surface area contributed by atoms with Gasteiger partial charge in [0.15, 0.2) is 0 Å². The van der Waals surface area contributed by atoms with Crippen LogP contribution in [0.2, 0.25) is 0 Å². The summed E-state index contributed by atoms with van der Waals surface area (Å²) in [6.07, 6.45) is 0.996. The minimum atomic E-state index is -3.86. The number of fused-ring (bicyclic) bond motifs is 1. The lowest BCUT2D eigenvalue weighted by atomic mass is 10.1. The number of nitrogens with one attached hydrogen (secondary N) is 1. The Hall–Kier alpha value is -2.34. The summed E-state index contributed by atoms with van der Waals surface area (Å²) < 4.78 is 32.5. The minimum absolute atomic E-state index is 0.131. The molecule has 126 valence electrons. The quantitative estimate of drug-likeness (QED) is 0.922. The van der Waals surface area contributed by atoms with Crippen LogP contribution in [0.25, 0.3) is 0 Å². The van der Waals surface area contributed by atoms with Gasteiger partial charge in [-0.2, -0.15) is 0 Å². The van der Waals surface area contributed by atoms with E-state index in [4.69, 9.17) is 4.74 Å². The number of carbonyl (C=O) groups is 1. The van der Waals surface area contributed by atoms with Crippen molar-refractivity contribution < 1.29 is 17.9 Å². The van der Waals surface area contributed by atoms with Gasteiger partial charge in [-0.3, -0.25) is 4.79 Å². The molecule has 2 aromatic carbocycles. The second kappa shape index (κ2) is 6.28. The van der Waals surface area contributed by atoms with Gasteiger partial charge in [-0.1, -0.05) is 30.3 Å². The molecule has 0 bridgehead atoms. The first-order valence-corrected chi connectivity index (χ1v) is 9.17. The molecule has 2 aromatic rings. The summed E-state index contributed by atoms with van der Waals surface area (Å²) >= 11 is 0. The molecule has 0 aromatic heterocycles. The third-order valence-corrected chi connectivity index (χ3v) is 5.86. The normalized spacial score (nSPS) is 16.5. The molecular weight excluding hydrogens is 326 g/mol. The maximum absolute atomic E-state index is 12.5. The Bertz CT molecular complexity index is 890. The van der Waals surface area contributed by atoms with Crippen molar-refractivity contribution in [3.63, 3.8) is 0 Å². The first kappa shape index (κ1) is 16.5. The van der Waals surface area contributed by atoms with Crippen molar-refractivity contribution in [3.05, 3.63) is 59.2 Å². The molecule has 24 heavy (non-hydrogen) atoms. The zero-order valence-corrected chi connectivity index (χ0v) is 14.4. The number of methoxy groups -OCH3 is 1. The Labute approximate surface area is 141 Å². The van der Waals surface area contributed by atoms with Crippen molar-refractivity contribution in [1.29, 1.82) is 0 Å². The topological polar surface area (TPSA) is 72.5 Å². The molecule has 0 saturated heterocycles. The molecule has 3 rings (SSSR count). The highest BCUT2D eigenvalue weighted by Crippen LogP contribution is 2.33. The van der Waals surface area contributed by atoms with Crippen molar-refractivity contribution in [2.24, 2.45) is 5.92 Å². The molecule has 1 unspecified atom stereocenters. The van der Waals surface area contributed by atoms with E-state index in [1.807, 2.05) is 18.2 Å². The van der Waals surface area contributed by atoms with Gasteiger partial charge < -0.3 is 4.74 Å². The summed E-state index contributed by atoms with van der Waals surface area (Å²) in [5, 5.41) is 0. The summed E-state index contributed by atoms with van der Waals surface area (Å²) in [7, 11) is -2.27. The van der Waals surface area contributed by atoms with Crippen LogP contribution in [0.5, 0.6) is 5.75 Å². The molecule has 1 N–H and O–H groups in total. The van der Waals surface area contributed by atoms with Crippen molar-refractivity contribution in [1.82, 2.24) is 4.72 Å². The lowest BCUT2D eigenvalue weighted by Crippen LogP contribution is -2.36. The van der Waals surface area contributed by atoms with E-state index in [0.717, 1.165) is 16.9 Å². The van der Waals surface area contributed by atoms with Gasteiger partial charge in [0.25, 0.3) is 10.0 Å². The fourth-order valence-electron chi connectivity index (χ4n) is 3.12. The van der Waals surface area contributed by atoms with Gasteiger partial charge in [-0.05, 0) is 48.6 Å². The largest absolute Gasteiger partial charge is 0.496 e. The van der Waals surface area contributed by atoms with Crippen LogP contribution in [0, 0.1) is 12.8 Å². The zero-order valence-electron chi connectivity index (χ0n) is 13.6. The van der Waals surface area contributed by atoms with Crippen molar-refractivity contribution in [2.45, 2.75) is 24.7 Å². The van der Waals surface area contributed by atoms with Crippen LogP contribution in [0.1, 0.15) is 16.7 Å². The molecule has 6 heteroatoms. The highest BCUT2D eigenvalue weighted by Gasteiger charge is 2.32. The number of carbonyl (C=O) groups excluding carboxylic acids is 1. The summed E-state index contributed by atoms with van der Waals surface area (Å²) in [5.41, 5.74) is 2.62. The Balaban J connectivity index is 1.79. The average molecular weight is 345 g/mol. The van der Waals surface area contributed by atoms with E-state index >= 15 is 0 Å². The number of rotatable bonds is 4. The van der Waals surface area contributed by atoms with Crippen LogP contribution in [0.15, 0.2) is 47.4 Å². The summed E-state index contributed by atoms with van der Waals surface area (Å²) in [4.78, 5) is 12.6. The molecule has 1 amide bonds. The number of aryl methyl sites for hydroxylation is 1. The number of ether oxygens (including phenoxy) is 1. The second-order valence-corrected chi connectivity index (χ2v) is 7.59. The van der Waals surface area contributed by atoms with E-state index in [1.165, 1.54) is 6.07 Å². The van der Waals surface area contributed by atoms with Gasteiger partial charge in [-0.15, -0.1) is 0 Å².